The lowest BCUT2D eigenvalue weighted by atomic mass is 9.88. The van der Waals surface area contributed by atoms with Crippen molar-refractivity contribution >= 4 is 24.3 Å². The maximum Gasteiger partial charge on any atom is 0.333 e. The molecule has 3 atom stereocenters. The molecule has 0 aliphatic heterocycles. The number of esters is 1. The lowest BCUT2D eigenvalue weighted by molar-refractivity contribution is -0.139. The SMILES string of the molecule is CCOC(=O)C1=C[C@@H](OC(CC)CC)C(NC(C)=O)[C@@H](N)C1.Cl. The molecule has 1 amide bonds. The van der Waals surface area contributed by atoms with Gasteiger partial charge >= 0.3 is 5.97 Å². The van der Waals surface area contributed by atoms with Crippen LogP contribution in [0.1, 0.15) is 47.0 Å². The first-order chi connectivity index (χ1) is 10.4. The average molecular weight is 349 g/mol. The Morgan fingerprint density at radius 2 is 1.96 bits per heavy atom. The fourth-order valence-electron chi connectivity index (χ4n) is 2.62. The second-order valence-electron chi connectivity index (χ2n) is 5.55. The number of halogens is 1. The van der Waals surface area contributed by atoms with E-state index in [9.17, 15) is 9.59 Å². The number of nitrogens with one attached hydrogen (secondary N) is 1. The highest BCUT2D eigenvalue weighted by molar-refractivity contribution is 5.89. The maximum atomic E-state index is 12.0. The van der Waals surface area contributed by atoms with Crippen molar-refractivity contribution in [3.8, 4) is 0 Å². The average Bonchev–Trinajstić information content (AvgIpc) is 2.47. The monoisotopic (exact) mass is 348 g/mol. The predicted octanol–water partition coefficient (Wildman–Crippen LogP) is 1.71. The standard InChI is InChI=1S/C16H28N2O4.ClH/c1-5-12(6-2)22-14-9-11(16(20)21-7-3)8-13(17)15(14)18-10(4)19;/h9,12-15H,5-8,17H2,1-4H3,(H,18,19);1H/t13-,14+,15?;/m0./s1. The fourth-order valence-corrected chi connectivity index (χ4v) is 2.62. The molecular weight excluding hydrogens is 320 g/mol. The summed E-state index contributed by atoms with van der Waals surface area (Å²) in [5.41, 5.74) is 6.68. The van der Waals surface area contributed by atoms with Crippen LogP contribution >= 0.6 is 12.4 Å². The van der Waals surface area contributed by atoms with Crippen LogP contribution in [-0.4, -0.2) is 42.8 Å². The van der Waals surface area contributed by atoms with Crippen molar-refractivity contribution in [1.82, 2.24) is 5.32 Å². The second-order valence-corrected chi connectivity index (χ2v) is 5.55. The molecule has 1 unspecified atom stereocenters. The first kappa shape index (κ1) is 21.9. The number of carbonyl (C=O) groups excluding carboxylic acids is 2. The Morgan fingerprint density at radius 3 is 2.43 bits per heavy atom. The molecule has 6 nitrogen and oxygen atoms in total. The third-order valence-corrected chi connectivity index (χ3v) is 3.80. The Balaban J connectivity index is 0.00000484. The van der Waals surface area contributed by atoms with Crippen molar-refractivity contribution in [3.05, 3.63) is 11.6 Å². The van der Waals surface area contributed by atoms with E-state index < -0.39 is 6.10 Å². The van der Waals surface area contributed by atoms with Crippen LogP contribution in [0, 0.1) is 0 Å². The number of nitrogens with two attached hydrogens (primary N) is 1. The van der Waals surface area contributed by atoms with E-state index in [2.05, 4.69) is 5.32 Å². The lowest BCUT2D eigenvalue weighted by Crippen LogP contribution is -2.57. The maximum absolute atomic E-state index is 12.0. The van der Waals surface area contributed by atoms with E-state index in [0.29, 0.717) is 18.6 Å². The Labute approximate surface area is 144 Å². The quantitative estimate of drug-likeness (QED) is 0.683. The minimum absolute atomic E-state index is 0. The van der Waals surface area contributed by atoms with Gasteiger partial charge in [0, 0.05) is 18.5 Å². The molecule has 1 aliphatic rings. The van der Waals surface area contributed by atoms with Crippen molar-refractivity contribution in [2.75, 3.05) is 6.61 Å². The molecule has 0 saturated carbocycles. The third-order valence-electron chi connectivity index (χ3n) is 3.80. The van der Waals surface area contributed by atoms with Crippen molar-refractivity contribution in [2.24, 2.45) is 5.73 Å². The summed E-state index contributed by atoms with van der Waals surface area (Å²) in [6, 6.07) is -0.719. The van der Waals surface area contributed by atoms with Crippen LogP contribution in [0.15, 0.2) is 11.6 Å². The highest BCUT2D eigenvalue weighted by Gasteiger charge is 2.35. The molecule has 1 aliphatic carbocycles. The van der Waals surface area contributed by atoms with E-state index in [4.69, 9.17) is 15.2 Å². The van der Waals surface area contributed by atoms with Gasteiger partial charge < -0.3 is 20.5 Å². The van der Waals surface area contributed by atoms with Gasteiger partial charge in [-0.2, -0.15) is 0 Å². The van der Waals surface area contributed by atoms with E-state index in [1.165, 1.54) is 6.92 Å². The summed E-state index contributed by atoms with van der Waals surface area (Å²) in [6.45, 7) is 7.62. The second kappa shape index (κ2) is 10.6. The summed E-state index contributed by atoms with van der Waals surface area (Å²) in [5.74, 6) is -0.524. The van der Waals surface area contributed by atoms with Gasteiger partial charge in [-0.3, -0.25) is 4.79 Å². The molecule has 1 rings (SSSR count). The molecule has 0 fully saturated rings. The molecule has 7 heteroatoms. The topological polar surface area (TPSA) is 90.6 Å². The van der Waals surface area contributed by atoms with E-state index in [-0.39, 0.29) is 42.5 Å². The van der Waals surface area contributed by atoms with E-state index in [0.717, 1.165) is 12.8 Å². The Bertz CT molecular complexity index is 424. The van der Waals surface area contributed by atoms with E-state index in [1.807, 2.05) is 13.8 Å². The molecule has 0 saturated heterocycles. The van der Waals surface area contributed by atoms with Gasteiger partial charge in [-0.1, -0.05) is 13.8 Å². The number of ether oxygens (including phenoxy) is 2. The molecule has 0 bridgehead atoms. The first-order valence-corrected chi connectivity index (χ1v) is 7.98. The number of amides is 1. The summed E-state index contributed by atoms with van der Waals surface area (Å²) < 4.78 is 11.1. The van der Waals surface area contributed by atoms with Gasteiger partial charge in [0.1, 0.15) is 0 Å². The van der Waals surface area contributed by atoms with Crippen LogP contribution in [0.4, 0.5) is 0 Å². The van der Waals surface area contributed by atoms with Gasteiger partial charge in [0.15, 0.2) is 0 Å². The highest BCUT2D eigenvalue weighted by atomic mass is 35.5. The Morgan fingerprint density at radius 1 is 1.35 bits per heavy atom. The van der Waals surface area contributed by atoms with Crippen LogP contribution in [-0.2, 0) is 19.1 Å². The van der Waals surface area contributed by atoms with Crippen LogP contribution < -0.4 is 11.1 Å². The Hall–Kier alpha value is -1.11. The smallest absolute Gasteiger partial charge is 0.333 e. The molecule has 0 aromatic heterocycles. The minimum atomic E-state index is -0.419. The highest BCUT2D eigenvalue weighted by Crippen LogP contribution is 2.24. The zero-order chi connectivity index (χ0) is 16.7. The fraction of sp³-hybridized carbons (Fsp3) is 0.750. The summed E-state index contributed by atoms with van der Waals surface area (Å²) in [6.07, 6.45) is 3.48. The molecule has 0 aromatic carbocycles. The van der Waals surface area contributed by atoms with Gasteiger partial charge in [-0.05, 0) is 32.3 Å². The molecule has 0 radical (unpaired) electrons. The van der Waals surface area contributed by atoms with E-state index >= 15 is 0 Å². The minimum Gasteiger partial charge on any atom is -0.463 e. The number of rotatable bonds is 7. The van der Waals surface area contributed by atoms with Gasteiger partial charge in [-0.15, -0.1) is 12.4 Å². The van der Waals surface area contributed by atoms with Gasteiger partial charge in [-0.25, -0.2) is 4.79 Å². The van der Waals surface area contributed by atoms with Crippen molar-refractivity contribution in [3.63, 3.8) is 0 Å². The number of carbonyl (C=O) groups is 2. The summed E-state index contributed by atoms with van der Waals surface area (Å²) in [7, 11) is 0. The molecule has 3 N–H and O–H groups in total. The normalized spacial score (nSPS) is 23.7. The van der Waals surface area contributed by atoms with Gasteiger partial charge in [0.2, 0.25) is 5.91 Å². The van der Waals surface area contributed by atoms with E-state index in [1.54, 1.807) is 13.0 Å². The molecule has 0 heterocycles. The van der Waals surface area contributed by atoms with Crippen LogP contribution in [0.25, 0.3) is 0 Å². The molecule has 23 heavy (non-hydrogen) atoms. The zero-order valence-corrected chi connectivity index (χ0v) is 15.2. The van der Waals surface area contributed by atoms with Gasteiger partial charge in [0.05, 0.1) is 24.9 Å². The first-order valence-electron chi connectivity index (χ1n) is 7.98. The zero-order valence-electron chi connectivity index (χ0n) is 14.3. The third kappa shape index (κ3) is 6.49. The van der Waals surface area contributed by atoms with Crippen LogP contribution in [0.3, 0.4) is 0 Å². The lowest BCUT2D eigenvalue weighted by Gasteiger charge is -2.36. The molecular formula is C16H29ClN2O4. The largest absolute Gasteiger partial charge is 0.463 e. The number of hydrogen-bond acceptors (Lipinski definition) is 5. The summed E-state index contributed by atoms with van der Waals surface area (Å²) >= 11 is 0. The molecule has 0 aromatic rings. The van der Waals surface area contributed by atoms with Crippen LogP contribution in [0.2, 0.25) is 0 Å². The molecule has 0 spiro atoms. The molecule has 134 valence electrons. The summed E-state index contributed by atoms with van der Waals surface area (Å²) in [4.78, 5) is 23.4. The van der Waals surface area contributed by atoms with Crippen molar-refractivity contribution in [1.29, 1.82) is 0 Å². The summed E-state index contributed by atoms with van der Waals surface area (Å²) in [5, 5.41) is 2.84. The van der Waals surface area contributed by atoms with Gasteiger partial charge in [0.25, 0.3) is 0 Å². The Kier molecular flexibility index (Phi) is 10.1. The van der Waals surface area contributed by atoms with Crippen LogP contribution in [0.5, 0.6) is 0 Å². The van der Waals surface area contributed by atoms with Crippen molar-refractivity contribution < 1.29 is 19.1 Å². The van der Waals surface area contributed by atoms with Crippen molar-refractivity contribution in [2.45, 2.75) is 71.2 Å². The predicted molar refractivity (Wildman–Crippen MR) is 91.4 cm³/mol. The number of hydrogen-bond donors (Lipinski definition) is 2.